The van der Waals surface area contributed by atoms with Gasteiger partial charge in [-0.1, -0.05) is 0 Å². The van der Waals surface area contributed by atoms with Gasteiger partial charge in [0.25, 0.3) is 0 Å². The normalized spacial score (nSPS) is 12.0. The average molecular weight is 362 g/mol. The SMILES string of the molecule is COc1ccc2c(N(C(C)=O)C(CCCCN)C(=O)O)cc(=O)oc2c1. The highest BCUT2D eigenvalue weighted by atomic mass is 16.5. The van der Waals surface area contributed by atoms with E-state index < -0.39 is 23.5 Å². The smallest absolute Gasteiger partial charge is 0.338 e. The molecule has 1 unspecified atom stereocenters. The fraction of sp³-hybridized carbons (Fsp3) is 0.389. The molecular formula is C18H22N2O6. The lowest BCUT2D eigenvalue weighted by molar-refractivity contribution is -0.140. The zero-order chi connectivity index (χ0) is 19.3. The van der Waals surface area contributed by atoms with Gasteiger partial charge in [0, 0.05) is 24.4 Å². The van der Waals surface area contributed by atoms with Crippen LogP contribution in [-0.4, -0.2) is 36.7 Å². The standard InChI is InChI=1S/C18H22N2O6/c1-11(21)20(14(18(23)24)5-3-4-8-19)15-10-17(22)26-16-9-12(25-2)6-7-13(15)16/h6-7,9-10,14H,3-5,8,19H2,1-2H3,(H,23,24). The number of anilines is 1. The van der Waals surface area contributed by atoms with E-state index >= 15 is 0 Å². The number of hydrogen-bond acceptors (Lipinski definition) is 6. The molecule has 0 bridgehead atoms. The van der Waals surface area contributed by atoms with E-state index in [2.05, 4.69) is 0 Å². The number of carbonyl (C=O) groups excluding carboxylic acids is 1. The van der Waals surface area contributed by atoms with Crippen molar-refractivity contribution in [1.29, 1.82) is 0 Å². The van der Waals surface area contributed by atoms with Crippen molar-refractivity contribution < 1.29 is 23.8 Å². The van der Waals surface area contributed by atoms with Crippen molar-refractivity contribution >= 4 is 28.5 Å². The molecule has 2 aromatic rings. The zero-order valence-corrected chi connectivity index (χ0v) is 14.7. The highest BCUT2D eigenvalue weighted by Gasteiger charge is 2.30. The van der Waals surface area contributed by atoms with Crippen LogP contribution in [0, 0.1) is 0 Å². The van der Waals surface area contributed by atoms with Crippen molar-refractivity contribution in [2.75, 3.05) is 18.6 Å². The van der Waals surface area contributed by atoms with Crippen LogP contribution in [0.5, 0.6) is 5.75 Å². The summed E-state index contributed by atoms with van der Waals surface area (Å²) in [4.78, 5) is 37.2. The Kier molecular flexibility index (Phi) is 6.35. The van der Waals surface area contributed by atoms with Gasteiger partial charge in [-0.25, -0.2) is 9.59 Å². The predicted molar refractivity (Wildman–Crippen MR) is 96.5 cm³/mol. The fourth-order valence-electron chi connectivity index (χ4n) is 2.85. The number of carboxylic acids is 1. The minimum absolute atomic E-state index is 0.201. The number of rotatable bonds is 8. The van der Waals surface area contributed by atoms with E-state index in [-0.39, 0.29) is 17.7 Å². The number of methoxy groups -OCH3 is 1. The molecular weight excluding hydrogens is 340 g/mol. The Morgan fingerprint density at radius 3 is 2.62 bits per heavy atom. The average Bonchev–Trinajstić information content (AvgIpc) is 2.59. The molecule has 0 saturated carbocycles. The monoisotopic (exact) mass is 362 g/mol. The molecule has 0 saturated heterocycles. The van der Waals surface area contributed by atoms with E-state index in [1.54, 1.807) is 12.1 Å². The third-order valence-electron chi connectivity index (χ3n) is 4.06. The van der Waals surface area contributed by atoms with Gasteiger partial charge in [0.15, 0.2) is 0 Å². The van der Waals surface area contributed by atoms with E-state index in [0.29, 0.717) is 30.5 Å². The number of aliphatic carboxylic acids is 1. The summed E-state index contributed by atoms with van der Waals surface area (Å²) in [6.07, 6.45) is 1.42. The number of hydrogen-bond donors (Lipinski definition) is 2. The summed E-state index contributed by atoms with van der Waals surface area (Å²) in [5.41, 5.74) is 5.20. The first kappa shape index (κ1) is 19.5. The number of nitrogens with two attached hydrogens (primary N) is 1. The summed E-state index contributed by atoms with van der Waals surface area (Å²) < 4.78 is 10.3. The number of benzene rings is 1. The van der Waals surface area contributed by atoms with Gasteiger partial charge in [-0.2, -0.15) is 0 Å². The van der Waals surface area contributed by atoms with Crippen LogP contribution in [0.3, 0.4) is 0 Å². The van der Waals surface area contributed by atoms with E-state index in [4.69, 9.17) is 14.9 Å². The molecule has 8 heteroatoms. The van der Waals surface area contributed by atoms with Gasteiger partial charge in [0.1, 0.15) is 17.4 Å². The number of ether oxygens (including phenoxy) is 1. The molecule has 140 valence electrons. The first-order chi connectivity index (χ1) is 12.4. The van der Waals surface area contributed by atoms with E-state index in [1.165, 1.54) is 20.1 Å². The summed E-state index contributed by atoms with van der Waals surface area (Å²) in [7, 11) is 1.48. The molecule has 0 radical (unpaired) electrons. The molecule has 0 fully saturated rings. The maximum atomic E-state index is 12.3. The Balaban J connectivity index is 2.60. The van der Waals surface area contributed by atoms with Gasteiger partial charge < -0.3 is 20.0 Å². The van der Waals surface area contributed by atoms with Crippen LogP contribution < -0.4 is 21.0 Å². The second kappa shape index (κ2) is 8.48. The molecule has 1 heterocycles. The minimum Gasteiger partial charge on any atom is -0.497 e. The van der Waals surface area contributed by atoms with Crippen LogP contribution in [0.1, 0.15) is 26.2 Å². The number of unbranched alkanes of at least 4 members (excludes halogenated alkanes) is 1. The highest BCUT2D eigenvalue weighted by Crippen LogP contribution is 2.30. The number of fused-ring (bicyclic) bond motifs is 1. The summed E-state index contributed by atoms with van der Waals surface area (Å²) in [5.74, 6) is -1.15. The third kappa shape index (κ3) is 4.20. The molecule has 0 spiro atoms. The van der Waals surface area contributed by atoms with Crippen LogP contribution in [0.2, 0.25) is 0 Å². The van der Waals surface area contributed by atoms with Crippen molar-refractivity contribution in [1.82, 2.24) is 0 Å². The van der Waals surface area contributed by atoms with Crippen molar-refractivity contribution in [3.8, 4) is 5.75 Å². The van der Waals surface area contributed by atoms with Crippen molar-refractivity contribution in [3.05, 3.63) is 34.7 Å². The van der Waals surface area contributed by atoms with Crippen LogP contribution in [0.25, 0.3) is 11.0 Å². The molecule has 1 aromatic carbocycles. The third-order valence-corrected chi connectivity index (χ3v) is 4.06. The highest BCUT2D eigenvalue weighted by molar-refractivity contribution is 6.04. The molecule has 0 aliphatic heterocycles. The van der Waals surface area contributed by atoms with Gasteiger partial charge in [-0.3, -0.25) is 9.69 Å². The first-order valence-corrected chi connectivity index (χ1v) is 8.23. The van der Waals surface area contributed by atoms with Crippen molar-refractivity contribution in [2.45, 2.75) is 32.2 Å². The maximum Gasteiger partial charge on any atom is 0.338 e. The molecule has 26 heavy (non-hydrogen) atoms. The quantitative estimate of drug-likeness (QED) is 0.541. The van der Waals surface area contributed by atoms with Gasteiger partial charge in [0.2, 0.25) is 5.91 Å². The number of nitrogens with zero attached hydrogens (tertiary/aromatic N) is 1. The molecule has 8 nitrogen and oxygen atoms in total. The number of carboxylic acid groups (broad SMARTS) is 1. The van der Waals surface area contributed by atoms with Gasteiger partial charge in [0.05, 0.1) is 12.8 Å². The van der Waals surface area contributed by atoms with E-state index in [9.17, 15) is 19.5 Å². The lowest BCUT2D eigenvalue weighted by Gasteiger charge is -2.28. The zero-order valence-electron chi connectivity index (χ0n) is 14.7. The second-order valence-corrected chi connectivity index (χ2v) is 5.84. The lowest BCUT2D eigenvalue weighted by atomic mass is 10.1. The second-order valence-electron chi connectivity index (χ2n) is 5.84. The Labute approximate surface area is 150 Å². The molecule has 0 aliphatic rings. The van der Waals surface area contributed by atoms with Gasteiger partial charge in [-0.15, -0.1) is 0 Å². The summed E-state index contributed by atoms with van der Waals surface area (Å²) >= 11 is 0. The van der Waals surface area contributed by atoms with Crippen LogP contribution in [0.4, 0.5) is 5.69 Å². The minimum atomic E-state index is -1.15. The lowest BCUT2D eigenvalue weighted by Crippen LogP contribution is -2.44. The predicted octanol–water partition coefficient (Wildman–Crippen LogP) is 1.74. The Bertz CT molecular complexity index is 860. The van der Waals surface area contributed by atoms with E-state index in [1.807, 2.05) is 0 Å². The summed E-state index contributed by atoms with van der Waals surface area (Å²) in [6.45, 7) is 1.70. The van der Waals surface area contributed by atoms with Crippen molar-refractivity contribution in [2.24, 2.45) is 5.73 Å². The summed E-state index contributed by atoms with van der Waals surface area (Å²) in [5, 5.41) is 10.1. The number of amides is 1. The van der Waals surface area contributed by atoms with Gasteiger partial charge >= 0.3 is 11.6 Å². The molecule has 1 atom stereocenters. The van der Waals surface area contributed by atoms with E-state index in [0.717, 1.165) is 11.0 Å². The largest absolute Gasteiger partial charge is 0.497 e. The molecule has 2 rings (SSSR count). The molecule has 1 aromatic heterocycles. The first-order valence-electron chi connectivity index (χ1n) is 8.23. The number of carbonyl (C=O) groups is 2. The molecule has 3 N–H and O–H groups in total. The van der Waals surface area contributed by atoms with Crippen LogP contribution in [0.15, 0.2) is 33.5 Å². The van der Waals surface area contributed by atoms with Gasteiger partial charge in [-0.05, 0) is 37.9 Å². The fourth-order valence-corrected chi connectivity index (χ4v) is 2.85. The Morgan fingerprint density at radius 1 is 1.31 bits per heavy atom. The summed E-state index contributed by atoms with van der Waals surface area (Å²) in [6, 6.07) is 4.82. The molecule has 0 aliphatic carbocycles. The Morgan fingerprint density at radius 2 is 2.04 bits per heavy atom. The maximum absolute atomic E-state index is 12.3. The van der Waals surface area contributed by atoms with Crippen LogP contribution in [-0.2, 0) is 9.59 Å². The van der Waals surface area contributed by atoms with Crippen molar-refractivity contribution in [3.63, 3.8) is 0 Å². The Hall–Kier alpha value is -2.87. The molecule has 1 amide bonds. The van der Waals surface area contributed by atoms with Crippen LogP contribution >= 0.6 is 0 Å². The topological polar surface area (TPSA) is 123 Å².